The van der Waals surface area contributed by atoms with E-state index in [1.165, 1.54) is 0 Å². The van der Waals surface area contributed by atoms with Gasteiger partial charge in [-0.3, -0.25) is 0 Å². The quantitative estimate of drug-likeness (QED) is 0.721. The topological polar surface area (TPSA) is 65.1 Å². The van der Waals surface area contributed by atoms with Crippen molar-refractivity contribution in [3.63, 3.8) is 0 Å². The summed E-state index contributed by atoms with van der Waals surface area (Å²) >= 11 is 0. The maximum absolute atomic E-state index is 5.45. The lowest BCUT2D eigenvalue weighted by Gasteiger charge is -2.01. The van der Waals surface area contributed by atoms with Gasteiger partial charge >= 0.3 is 0 Å². The second-order valence-corrected chi connectivity index (χ2v) is 3.64. The summed E-state index contributed by atoms with van der Waals surface area (Å²) in [5.74, 6) is 0.833. The van der Waals surface area contributed by atoms with Crippen LogP contribution in [0, 0.1) is 0 Å². The van der Waals surface area contributed by atoms with Crippen LogP contribution < -0.4 is 5.32 Å². The summed E-state index contributed by atoms with van der Waals surface area (Å²) < 4.78 is 12.4. The summed E-state index contributed by atoms with van der Waals surface area (Å²) in [5.41, 5.74) is 0.929. The highest BCUT2D eigenvalue weighted by atomic mass is 16.5. The molecule has 6 nitrogen and oxygen atoms in total. The van der Waals surface area contributed by atoms with Crippen LogP contribution in [-0.2, 0) is 24.4 Å². The van der Waals surface area contributed by atoms with Crippen LogP contribution in [0.4, 0.5) is 0 Å². The number of furan rings is 1. The van der Waals surface area contributed by atoms with Gasteiger partial charge in [-0.2, -0.15) is 0 Å². The van der Waals surface area contributed by atoms with Gasteiger partial charge in [-0.05, 0) is 19.2 Å². The minimum Gasteiger partial charge on any atom is -0.467 e. The molecule has 0 atom stereocenters. The van der Waals surface area contributed by atoms with Crippen molar-refractivity contribution in [3.8, 4) is 0 Å². The Morgan fingerprint density at radius 1 is 1.53 bits per heavy atom. The largest absolute Gasteiger partial charge is 0.467 e. The lowest BCUT2D eigenvalue weighted by atomic mass is 10.5. The van der Waals surface area contributed by atoms with Gasteiger partial charge < -0.3 is 14.5 Å². The average molecular weight is 236 g/mol. The number of hydrogen-bond donors (Lipinski definition) is 1. The Balaban J connectivity index is 1.67. The first-order chi connectivity index (χ1) is 8.38. The molecule has 17 heavy (non-hydrogen) atoms. The first-order valence-corrected chi connectivity index (χ1v) is 5.52. The Morgan fingerprint density at radius 3 is 3.24 bits per heavy atom. The van der Waals surface area contributed by atoms with Crippen molar-refractivity contribution in [2.24, 2.45) is 0 Å². The lowest BCUT2D eigenvalue weighted by Crippen LogP contribution is -2.07. The average Bonchev–Trinajstić information content (AvgIpc) is 2.96. The number of nitrogens with zero attached hydrogens (tertiary/aromatic N) is 3. The standard InChI is InChI=1S/C11H16N4O2/c1-12-7-10-8-15(14-13-10)4-6-16-9-11-3-2-5-17-11/h2-3,5,8,12H,4,6-7,9H2,1H3. The first kappa shape index (κ1) is 11.8. The molecule has 0 radical (unpaired) electrons. The molecular formula is C11H16N4O2. The highest BCUT2D eigenvalue weighted by Crippen LogP contribution is 2.01. The van der Waals surface area contributed by atoms with Crippen LogP contribution in [-0.4, -0.2) is 28.6 Å². The van der Waals surface area contributed by atoms with Gasteiger partial charge in [-0.1, -0.05) is 5.21 Å². The summed E-state index contributed by atoms with van der Waals surface area (Å²) in [4.78, 5) is 0. The van der Waals surface area contributed by atoms with Crippen LogP contribution in [0.15, 0.2) is 29.0 Å². The molecule has 0 spiro atoms. The summed E-state index contributed by atoms with van der Waals surface area (Å²) in [6.45, 7) is 2.50. The molecule has 0 aliphatic carbocycles. The van der Waals surface area contributed by atoms with Crippen molar-refractivity contribution in [1.29, 1.82) is 0 Å². The van der Waals surface area contributed by atoms with E-state index in [0.29, 0.717) is 19.8 Å². The molecule has 0 amide bonds. The smallest absolute Gasteiger partial charge is 0.129 e. The molecule has 0 aromatic carbocycles. The van der Waals surface area contributed by atoms with Crippen molar-refractivity contribution in [1.82, 2.24) is 20.3 Å². The monoisotopic (exact) mass is 236 g/mol. The highest BCUT2D eigenvalue weighted by Gasteiger charge is 2.00. The molecule has 0 unspecified atom stereocenters. The van der Waals surface area contributed by atoms with E-state index in [1.807, 2.05) is 25.4 Å². The Morgan fingerprint density at radius 2 is 2.47 bits per heavy atom. The van der Waals surface area contributed by atoms with E-state index in [1.54, 1.807) is 10.9 Å². The predicted octanol–water partition coefficient (Wildman–Crippen LogP) is 0.807. The highest BCUT2D eigenvalue weighted by molar-refractivity contribution is 4.96. The third-order valence-electron chi connectivity index (χ3n) is 2.23. The van der Waals surface area contributed by atoms with Gasteiger partial charge in [0.05, 0.1) is 25.1 Å². The van der Waals surface area contributed by atoms with Gasteiger partial charge in [-0.15, -0.1) is 5.10 Å². The van der Waals surface area contributed by atoms with Gasteiger partial charge in [0.2, 0.25) is 0 Å². The molecule has 2 heterocycles. The first-order valence-electron chi connectivity index (χ1n) is 5.52. The van der Waals surface area contributed by atoms with Gasteiger partial charge in [0, 0.05) is 12.7 Å². The fourth-order valence-electron chi connectivity index (χ4n) is 1.44. The van der Waals surface area contributed by atoms with Gasteiger partial charge in [-0.25, -0.2) is 4.68 Å². The molecule has 0 saturated heterocycles. The van der Waals surface area contributed by atoms with Crippen molar-refractivity contribution in [2.75, 3.05) is 13.7 Å². The van der Waals surface area contributed by atoms with Crippen LogP contribution in [0.25, 0.3) is 0 Å². The zero-order valence-electron chi connectivity index (χ0n) is 9.80. The summed E-state index contributed by atoms with van der Waals surface area (Å²) in [7, 11) is 1.88. The van der Waals surface area contributed by atoms with E-state index in [9.17, 15) is 0 Å². The molecule has 0 fully saturated rings. The number of nitrogens with one attached hydrogen (secondary N) is 1. The Bertz CT molecular complexity index is 424. The Kier molecular flexibility index (Phi) is 4.29. The number of ether oxygens (including phenoxy) is 1. The molecular weight excluding hydrogens is 220 g/mol. The predicted molar refractivity (Wildman–Crippen MR) is 61.1 cm³/mol. The number of aromatic nitrogens is 3. The molecule has 2 rings (SSSR count). The molecule has 92 valence electrons. The maximum Gasteiger partial charge on any atom is 0.129 e. The third-order valence-corrected chi connectivity index (χ3v) is 2.23. The van der Waals surface area contributed by atoms with Crippen LogP contribution >= 0.6 is 0 Å². The second-order valence-electron chi connectivity index (χ2n) is 3.64. The number of rotatable bonds is 7. The molecule has 0 saturated carbocycles. The fraction of sp³-hybridized carbons (Fsp3) is 0.455. The summed E-state index contributed by atoms with van der Waals surface area (Å²) in [6.07, 6.45) is 3.55. The van der Waals surface area contributed by atoms with Crippen LogP contribution in [0.2, 0.25) is 0 Å². The zero-order valence-corrected chi connectivity index (χ0v) is 9.80. The van der Waals surface area contributed by atoms with Crippen LogP contribution in [0.5, 0.6) is 0 Å². The van der Waals surface area contributed by atoms with E-state index in [4.69, 9.17) is 9.15 Å². The van der Waals surface area contributed by atoms with Gasteiger partial charge in [0.1, 0.15) is 12.4 Å². The molecule has 0 aliphatic rings. The fourth-order valence-corrected chi connectivity index (χ4v) is 1.44. The minimum absolute atomic E-state index is 0.491. The number of hydrogen-bond acceptors (Lipinski definition) is 5. The summed E-state index contributed by atoms with van der Waals surface area (Å²) in [5, 5.41) is 11.0. The van der Waals surface area contributed by atoms with Gasteiger partial charge in [0.15, 0.2) is 0 Å². The lowest BCUT2D eigenvalue weighted by molar-refractivity contribution is 0.0967. The van der Waals surface area contributed by atoms with Crippen molar-refractivity contribution in [3.05, 3.63) is 36.0 Å². The van der Waals surface area contributed by atoms with Crippen molar-refractivity contribution < 1.29 is 9.15 Å². The molecule has 2 aromatic rings. The Labute approximate surface area is 99.6 Å². The van der Waals surface area contributed by atoms with E-state index >= 15 is 0 Å². The van der Waals surface area contributed by atoms with Gasteiger partial charge in [0.25, 0.3) is 0 Å². The van der Waals surface area contributed by atoms with E-state index < -0.39 is 0 Å². The van der Waals surface area contributed by atoms with E-state index in [0.717, 1.165) is 18.0 Å². The Hall–Kier alpha value is -1.66. The van der Waals surface area contributed by atoms with Crippen molar-refractivity contribution in [2.45, 2.75) is 19.7 Å². The zero-order chi connectivity index (χ0) is 11.9. The van der Waals surface area contributed by atoms with Crippen LogP contribution in [0.3, 0.4) is 0 Å². The molecule has 0 aliphatic heterocycles. The molecule has 1 N–H and O–H groups in total. The molecule has 6 heteroatoms. The molecule has 2 aromatic heterocycles. The normalized spacial score (nSPS) is 10.9. The van der Waals surface area contributed by atoms with Crippen molar-refractivity contribution >= 4 is 0 Å². The van der Waals surface area contributed by atoms with E-state index in [2.05, 4.69) is 15.6 Å². The summed E-state index contributed by atoms with van der Waals surface area (Å²) in [6, 6.07) is 3.74. The third kappa shape index (κ3) is 3.69. The SMILES string of the molecule is CNCc1cn(CCOCc2ccco2)nn1. The minimum atomic E-state index is 0.491. The second kappa shape index (κ2) is 6.17. The van der Waals surface area contributed by atoms with Crippen LogP contribution in [0.1, 0.15) is 11.5 Å². The molecule has 0 bridgehead atoms. The maximum atomic E-state index is 5.45. The van der Waals surface area contributed by atoms with E-state index in [-0.39, 0.29) is 0 Å².